The van der Waals surface area contributed by atoms with Crippen LogP contribution >= 0.6 is 0 Å². The molecule has 1 aromatic carbocycles. The van der Waals surface area contributed by atoms with Gasteiger partial charge in [-0.3, -0.25) is 14.9 Å². The van der Waals surface area contributed by atoms with E-state index in [0.717, 1.165) is 0 Å². The van der Waals surface area contributed by atoms with Gasteiger partial charge in [-0.2, -0.15) is 13.2 Å². The lowest BCUT2D eigenvalue weighted by molar-refractivity contribution is -0.169. The molecule has 0 aliphatic rings. The Morgan fingerprint density at radius 1 is 1.23 bits per heavy atom. The van der Waals surface area contributed by atoms with Crippen molar-refractivity contribution in [3.05, 3.63) is 35.9 Å². The summed E-state index contributed by atoms with van der Waals surface area (Å²) in [5.41, 5.74) is 0.667. The predicted octanol–water partition coefficient (Wildman–Crippen LogP) is 1.34. The summed E-state index contributed by atoms with van der Waals surface area (Å²) in [5, 5.41) is 13.0. The van der Waals surface area contributed by atoms with Crippen LogP contribution in [-0.2, 0) is 16.0 Å². The fraction of sp³-hybridized carbons (Fsp3) is 0.429. The van der Waals surface area contributed by atoms with Gasteiger partial charge in [-0.25, -0.2) is 0 Å². The van der Waals surface area contributed by atoms with Crippen molar-refractivity contribution in [2.75, 3.05) is 7.05 Å². The van der Waals surface area contributed by atoms with E-state index in [1.165, 1.54) is 7.05 Å². The van der Waals surface area contributed by atoms with Gasteiger partial charge in [0.15, 0.2) is 0 Å². The summed E-state index contributed by atoms with van der Waals surface area (Å²) >= 11 is 0. The van der Waals surface area contributed by atoms with Gasteiger partial charge in [0.25, 0.3) is 0 Å². The minimum absolute atomic E-state index is 0.0205. The molecule has 0 saturated carbocycles. The third-order valence-corrected chi connectivity index (χ3v) is 3.02. The maximum atomic E-state index is 12.9. The van der Waals surface area contributed by atoms with E-state index in [4.69, 9.17) is 5.11 Å². The van der Waals surface area contributed by atoms with Crippen molar-refractivity contribution >= 4 is 11.9 Å². The average molecular weight is 318 g/mol. The number of likely N-dealkylation sites (N-methyl/N-ethyl adjacent to an activating group) is 1. The number of aliphatic carboxylic acids is 1. The van der Waals surface area contributed by atoms with E-state index in [1.54, 1.807) is 30.3 Å². The van der Waals surface area contributed by atoms with E-state index < -0.39 is 36.6 Å². The first-order valence-corrected chi connectivity index (χ1v) is 6.54. The number of benzene rings is 1. The summed E-state index contributed by atoms with van der Waals surface area (Å²) in [7, 11) is 1.31. The van der Waals surface area contributed by atoms with Crippen molar-refractivity contribution in [1.82, 2.24) is 10.6 Å². The third kappa shape index (κ3) is 5.72. The van der Waals surface area contributed by atoms with Crippen LogP contribution in [0.1, 0.15) is 12.0 Å². The molecule has 0 aliphatic carbocycles. The molecular formula is C14H17F3N2O3. The number of carboxylic acids is 1. The normalized spacial score (nSPS) is 14.2. The molecule has 0 unspecified atom stereocenters. The number of amides is 1. The summed E-state index contributed by atoms with van der Waals surface area (Å²) in [6, 6.07) is 5.03. The lowest BCUT2D eigenvalue weighted by Gasteiger charge is -2.25. The first kappa shape index (κ1) is 18.0. The van der Waals surface area contributed by atoms with Gasteiger partial charge in [-0.1, -0.05) is 30.3 Å². The topological polar surface area (TPSA) is 78.4 Å². The molecule has 1 amide bonds. The van der Waals surface area contributed by atoms with E-state index in [0.29, 0.717) is 5.56 Å². The fourth-order valence-electron chi connectivity index (χ4n) is 1.94. The molecule has 0 saturated heterocycles. The highest BCUT2D eigenvalue weighted by atomic mass is 19.4. The standard InChI is InChI=1S/C14H17F3N2O3/c1-18-13(22)10(7-9-5-3-2-4-6-9)19-11(8-12(20)21)14(15,16)17/h2-6,10-11,19H,7-8H2,1H3,(H,18,22)(H,20,21)/t10-,11-/m0/s1. The van der Waals surface area contributed by atoms with E-state index in [-0.39, 0.29) is 6.42 Å². The van der Waals surface area contributed by atoms with Crippen molar-refractivity contribution in [3.63, 3.8) is 0 Å². The molecule has 1 rings (SSSR count). The first-order valence-electron chi connectivity index (χ1n) is 6.54. The molecule has 0 aromatic heterocycles. The van der Waals surface area contributed by atoms with Gasteiger partial charge in [0.05, 0.1) is 12.5 Å². The molecule has 0 spiro atoms. The molecule has 0 bridgehead atoms. The Balaban J connectivity index is 2.91. The number of hydrogen-bond acceptors (Lipinski definition) is 3. The van der Waals surface area contributed by atoms with E-state index in [1.807, 2.05) is 0 Å². The molecule has 8 heteroatoms. The lowest BCUT2D eigenvalue weighted by atomic mass is 10.0. The van der Waals surface area contributed by atoms with Gasteiger partial charge in [0, 0.05) is 7.05 Å². The smallest absolute Gasteiger partial charge is 0.404 e. The molecule has 5 nitrogen and oxygen atoms in total. The number of hydrogen-bond donors (Lipinski definition) is 3. The second-order valence-corrected chi connectivity index (χ2v) is 4.72. The van der Waals surface area contributed by atoms with Crippen LogP contribution in [0.5, 0.6) is 0 Å². The van der Waals surface area contributed by atoms with Crippen molar-refractivity contribution < 1.29 is 27.9 Å². The van der Waals surface area contributed by atoms with Crippen molar-refractivity contribution in [1.29, 1.82) is 0 Å². The number of nitrogens with one attached hydrogen (secondary N) is 2. The monoisotopic (exact) mass is 318 g/mol. The highest BCUT2D eigenvalue weighted by molar-refractivity contribution is 5.82. The zero-order chi connectivity index (χ0) is 16.8. The molecule has 1 aromatic rings. The third-order valence-electron chi connectivity index (χ3n) is 3.02. The Kier molecular flexibility index (Phi) is 6.36. The van der Waals surface area contributed by atoms with Gasteiger partial charge in [-0.15, -0.1) is 0 Å². The van der Waals surface area contributed by atoms with Crippen LogP contribution < -0.4 is 10.6 Å². The summed E-state index contributed by atoms with van der Waals surface area (Å²) in [5.74, 6) is -2.23. The first-order chi connectivity index (χ1) is 10.2. The van der Waals surface area contributed by atoms with Crippen LogP contribution in [0, 0.1) is 0 Å². The average Bonchev–Trinajstić information content (AvgIpc) is 2.44. The van der Waals surface area contributed by atoms with Crippen molar-refractivity contribution in [2.24, 2.45) is 0 Å². The Hall–Kier alpha value is -2.09. The lowest BCUT2D eigenvalue weighted by Crippen LogP contribution is -2.54. The second-order valence-electron chi connectivity index (χ2n) is 4.72. The Bertz CT molecular complexity index is 506. The quantitative estimate of drug-likeness (QED) is 0.709. The Labute approximate surface area is 125 Å². The largest absolute Gasteiger partial charge is 0.481 e. The molecular weight excluding hydrogens is 301 g/mol. The van der Waals surface area contributed by atoms with Crippen LogP contribution in [0.2, 0.25) is 0 Å². The molecule has 122 valence electrons. The SMILES string of the molecule is CNC(=O)[C@H](Cc1ccccc1)N[C@@H](CC(=O)O)C(F)(F)F. The Morgan fingerprint density at radius 2 is 1.82 bits per heavy atom. The summed E-state index contributed by atoms with van der Waals surface area (Å²) in [6.07, 6.45) is -5.89. The highest BCUT2D eigenvalue weighted by Crippen LogP contribution is 2.23. The van der Waals surface area contributed by atoms with E-state index >= 15 is 0 Å². The van der Waals surface area contributed by atoms with Crippen LogP contribution in [0.25, 0.3) is 0 Å². The van der Waals surface area contributed by atoms with Gasteiger partial charge in [0.1, 0.15) is 6.04 Å². The number of carboxylic acid groups (broad SMARTS) is 1. The molecule has 0 radical (unpaired) electrons. The number of carbonyl (C=O) groups is 2. The summed E-state index contributed by atoms with van der Waals surface area (Å²) in [4.78, 5) is 22.4. The fourth-order valence-corrected chi connectivity index (χ4v) is 1.94. The summed E-state index contributed by atoms with van der Waals surface area (Å²) in [6.45, 7) is 0. The number of alkyl halides is 3. The molecule has 0 heterocycles. The second kappa shape index (κ2) is 7.79. The minimum Gasteiger partial charge on any atom is -0.481 e. The number of carbonyl (C=O) groups excluding carboxylic acids is 1. The van der Waals surface area contributed by atoms with Gasteiger partial charge >= 0.3 is 12.1 Å². The molecule has 3 N–H and O–H groups in total. The zero-order valence-corrected chi connectivity index (χ0v) is 11.9. The highest BCUT2D eigenvalue weighted by Gasteiger charge is 2.42. The van der Waals surface area contributed by atoms with E-state index in [9.17, 15) is 22.8 Å². The zero-order valence-electron chi connectivity index (χ0n) is 11.9. The molecule has 22 heavy (non-hydrogen) atoms. The van der Waals surface area contributed by atoms with Crippen LogP contribution in [-0.4, -0.2) is 42.3 Å². The maximum Gasteiger partial charge on any atom is 0.404 e. The summed E-state index contributed by atoms with van der Waals surface area (Å²) < 4.78 is 38.7. The Morgan fingerprint density at radius 3 is 2.27 bits per heavy atom. The van der Waals surface area contributed by atoms with Crippen molar-refractivity contribution in [3.8, 4) is 0 Å². The molecule has 0 aliphatic heterocycles. The van der Waals surface area contributed by atoms with Crippen LogP contribution in [0.4, 0.5) is 13.2 Å². The van der Waals surface area contributed by atoms with Gasteiger partial charge in [-0.05, 0) is 12.0 Å². The minimum atomic E-state index is -4.76. The maximum absolute atomic E-state index is 12.9. The van der Waals surface area contributed by atoms with Crippen LogP contribution in [0.15, 0.2) is 30.3 Å². The number of rotatable bonds is 7. The van der Waals surface area contributed by atoms with E-state index in [2.05, 4.69) is 10.6 Å². The predicted molar refractivity (Wildman–Crippen MR) is 73.2 cm³/mol. The van der Waals surface area contributed by atoms with Crippen molar-refractivity contribution in [2.45, 2.75) is 31.1 Å². The number of halogens is 3. The molecule has 0 fully saturated rings. The van der Waals surface area contributed by atoms with Crippen LogP contribution in [0.3, 0.4) is 0 Å². The molecule has 2 atom stereocenters. The van der Waals surface area contributed by atoms with Gasteiger partial charge in [0.2, 0.25) is 5.91 Å². The van der Waals surface area contributed by atoms with Gasteiger partial charge < -0.3 is 10.4 Å².